The Hall–Kier alpha value is -1.38. The molecule has 0 saturated carbocycles. The van der Waals surface area contributed by atoms with Crippen LogP contribution in [0.2, 0.25) is 0 Å². The average Bonchev–Trinajstić information content (AvgIpc) is 2.43. The fourth-order valence-electron chi connectivity index (χ4n) is 0.920. The molecule has 0 aliphatic rings. The molecule has 12 heavy (non-hydrogen) atoms. The van der Waals surface area contributed by atoms with Crippen molar-refractivity contribution >= 4 is 12.3 Å². The lowest BCUT2D eigenvalue weighted by Gasteiger charge is -1.96. The largest absolute Gasteiger partial charge is 0.287 e. The number of hydrogen-bond donors (Lipinski definition) is 0. The third-order valence-electron chi connectivity index (χ3n) is 1.57. The van der Waals surface area contributed by atoms with Gasteiger partial charge in [-0.3, -0.25) is 4.57 Å². The molecular formula is C9H13N3. The summed E-state index contributed by atoms with van der Waals surface area (Å²) in [6.07, 6.45) is 6.73. The van der Waals surface area contributed by atoms with E-state index in [-0.39, 0.29) is 0 Å². The zero-order valence-electron chi connectivity index (χ0n) is 7.49. The number of rotatable bonds is 3. The van der Waals surface area contributed by atoms with Crippen LogP contribution < -0.4 is 0 Å². The van der Waals surface area contributed by atoms with Crippen LogP contribution in [-0.4, -0.2) is 14.8 Å². The third-order valence-corrected chi connectivity index (χ3v) is 1.57. The Morgan fingerprint density at radius 1 is 1.50 bits per heavy atom. The molecule has 1 rings (SSSR count). The maximum Gasteiger partial charge on any atom is 0.160 e. The molecule has 3 nitrogen and oxygen atoms in total. The predicted octanol–water partition coefficient (Wildman–Crippen LogP) is 2.11. The van der Waals surface area contributed by atoms with Crippen LogP contribution >= 0.6 is 0 Å². The molecular weight excluding hydrogens is 150 g/mol. The second-order valence-electron chi connectivity index (χ2n) is 2.47. The number of hydrogen-bond acceptors (Lipinski definition) is 2. The van der Waals surface area contributed by atoms with Crippen molar-refractivity contribution in [2.45, 2.75) is 20.3 Å². The molecule has 64 valence electrons. The summed E-state index contributed by atoms with van der Waals surface area (Å²) in [5, 5.41) is 7.86. The van der Waals surface area contributed by atoms with Crippen molar-refractivity contribution in [2.24, 2.45) is 0 Å². The van der Waals surface area contributed by atoms with Gasteiger partial charge in [-0.05, 0) is 19.4 Å². The molecule has 0 bridgehead atoms. The number of nitrogens with zero attached hydrogens (tertiary/aromatic N) is 3. The first kappa shape index (κ1) is 8.71. The van der Waals surface area contributed by atoms with Crippen molar-refractivity contribution in [2.75, 3.05) is 0 Å². The van der Waals surface area contributed by atoms with Crippen LogP contribution in [0.25, 0.3) is 12.3 Å². The average molecular weight is 163 g/mol. The normalized spacial score (nSPS) is 10.8. The van der Waals surface area contributed by atoms with Gasteiger partial charge in [0.1, 0.15) is 5.82 Å². The van der Waals surface area contributed by atoms with Crippen molar-refractivity contribution in [1.82, 2.24) is 14.8 Å². The second kappa shape index (κ2) is 3.85. The fourth-order valence-corrected chi connectivity index (χ4v) is 0.920. The number of aryl methyl sites for hydroxylation is 1. The monoisotopic (exact) mass is 163 g/mol. The van der Waals surface area contributed by atoms with E-state index < -0.39 is 0 Å². The van der Waals surface area contributed by atoms with E-state index in [2.05, 4.69) is 29.8 Å². The summed E-state index contributed by atoms with van der Waals surface area (Å²) >= 11 is 0. The topological polar surface area (TPSA) is 30.7 Å². The van der Waals surface area contributed by atoms with Crippen molar-refractivity contribution < 1.29 is 0 Å². The van der Waals surface area contributed by atoms with Gasteiger partial charge in [0.25, 0.3) is 0 Å². The summed E-state index contributed by atoms with van der Waals surface area (Å²) < 4.78 is 1.91. The molecule has 0 aromatic carbocycles. The molecule has 1 aromatic rings. The van der Waals surface area contributed by atoms with E-state index in [1.54, 1.807) is 6.08 Å². The molecule has 0 N–H and O–H groups in total. The molecule has 0 fully saturated rings. The van der Waals surface area contributed by atoms with E-state index >= 15 is 0 Å². The second-order valence-corrected chi connectivity index (χ2v) is 2.47. The van der Waals surface area contributed by atoms with Crippen molar-refractivity contribution in [3.63, 3.8) is 0 Å². The highest BCUT2D eigenvalue weighted by Gasteiger charge is 2.00. The van der Waals surface area contributed by atoms with E-state index in [1.807, 2.05) is 17.7 Å². The Balaban J connectivity index is 3.01. The van der Waals surface area contributed by atoms with E-state index in [9.17, 15) is 0 Å². The Labute approximate surface area is 72.4 Å². The summed E-state index contributed by atoms with van der Waals surface area (Å²) in [5.74, 6) is 1.67. The predicted molar refractivity (Wildman–Crippen MR) is 50.5 cm³/mol. The SMILES string of the molecule is C=Cc1nnc(C)n1/C=C\CC. The van der Waals surface area contributed by atoms with E-state index in [0.717, 1.165) is 18.1 Å². The standard InChI is InChI=1S/C9H13N3/c1-4-6-7-12-8(3)10-11-9(12)5-2/h5-7H,2,4H2,1,3H3/b7-6-. The molecule has 0 spiro atoms. The lowest BCUT2D eigenvalue weighted by Crippen LogP contribution is -1.92. The van der Waals surface area contributed by atoms with Gasteiger partial charge in [-0.2, -0.15) is 0 Å². The van der Waals surface area contributed by atoms with Crippen LogP contribution in [0, 0.1) is 6.92 Å². The summed E-state index contributed by atoms with van der Waals surface area (Å²) in [5.41, 5.74) is 0. The van der Waals surface area contributed by atoms with Gasteiger partial charge in [-0.1, -0.05) is 19.6 Å². The Kier molecular flexibility index (Phi) is 2.80. The molecule has 3 heteroatoms. The van der Waals surface area contributed by atoms with E-state index in [4.69, 9.17) is 0 Å². The van der Waals surface area contributed by atoms with Crippen molar-refractivity contribution in [3.05, 3.63) is 24.3 Å². The summed E-state index contributed by atoms with van der Waals surface area (Å²) in [6.45, 7) is 7.66. The highest BCUT2D eigenvalue weighted by atomic mass is 15.3. The summed E-state index contributed by atoms with van der Waals surface area (Å²) in [4.78, 5) is 0. The molecule has 1 aromatic heterocycles. The van der Waals surface area contributed by atoms with Gasteiger partial charge >= 0.3 is 0 Å². The van der Waals surface area contributed by atoms with Crippen LogP contribution in [0.1, 0.15) is 25.0 Å². The molecule has 0 atom stereocenters. The van der Waals surface area contributed by atoms with E-state index in [1.165, 1.54) is 0 Å². The molecule has 0 radical (unpaired) electrons. The minimum atomic E-state index is 0.789. The summed E-state index contributed by atoms with van der Waals surface area (Å²) in [7, 11) is 0. The Morgan fingerprint density at radius 3 is 2.83 bits per heavy atom. The fraction of sp³-hybridized carbons (Fsp3) is 0.333. The van der Waals surface area contributed by atoms with Crippen molar-refractivity contribution in [3.8, 4) is 0 Å². The first-order valence-corrected chi connectivity index (χ1v) is 4.00. The van der Waals surface area contributed by atoms with Crippen LogP contribution in [0.15, 0.2) is 12.7 Å². The van der Waals surface area contributed by atoms with Gasteiger partial charge in [0.2, 0.25) is 0 Å². The Bertz CT molecular complexity index is 297. The molecule has 0 amide bonds. The highest BCUT2D eigenvalue weighted by Crippen LogP contribution is 2.03. The maximum atomic E-state index is 3.93. The number of aromatic nitrogens is 3. The molecule has 0 aliphatic carbocycles. The van der Waals surface area contributed by atoms with Crippen LogP contribution in [0.4, 0.5) is 0 Å². The molecule has 0 saturated heterocycles. The first-order valence-electron chi connectivity index (χ1n) is 4.00. The van der Waals surface area contributed by atoms with Crippen LogP contribution in [-0.2, 0) is 0 Å². The summed E-state index contributed by atoms with van der Waals surface area (Å²) in [6, 6.07) is 0. The maximum absolute atomic E-state index is 3.93. The Morgan fingerprint density at radius 2 is 2.25 bits per heavy atom. The highest BCUT2D eigenvalue weighted by molar-refractivity contribution is 5.42. The van der Waals surface area contributed by atoms with Crippen LogP contribution in [0.3, 0.4) is 0 Å². The lowest BCUT2D eigenvalue weighted by molar-refractivity contribution is 1.00. The molecule has 0 aliphatic heterocycles. The first-order chi connectivity index (χ1) is 5.79. The molecule has 0 unspecified atom stereocenters. The number of allylic oxidation sites excluding steroid dienone is 1. The minimum absolute atomic E-state index is 0.789. The van der Waals surface area contributed by atoms with Crippen LogP contribution in [0.5, 0.6) is 0 Å². The quantitative estimate of drug-likeness (QED) is 0.683. The van der Waals surface area contributed by atoms with E-state index in [0.29, 0.717) is 0 Å². The zero-order chi connectivity index (χ0) is 8.97. The molecule has 1 heterocycles. The zero-order valence-corrected chi connectivity index (χ0v) is 7.49. The van der Waals surface area contributed by atoms with Gasteiger partial charge in [-0.15, -0.1) is 10.2 Å². The third kappa shape index (κ3) is 1.61. The van der Waals surface area contributed by atoms with Gasteiger partial charge < -0.3 is 0 Å². The minimum Gasteiger partial charge on any atom is -0.287 e. The van der Waals surface area contributed by atoms with Gasteiger partial charge in [-0.25, -0.2) is 0 Å². The smallest absolute Gasteiger partial charge is 0.160 e. The van der Waals surface area contributed by atoms with Crippen molar-refractivity contribution in [1.29, 1.82) is 0 Å². The van der Waals surface area contributed by atoms with Gasteiger partial charge in [0.15, 0.2) is 5.82 Å². The lowest BCUT2D eigenvalue weighted by atomic mass is 10.4. The van der Waals surface area contributed by atoms with Gasteiger partial charge in [0, 0.05) is 6.20 Å². The van der Waals surface area contributed by atoms with Gasteiger partial charge in [0.05, 0.1) is 0 Å².